The smallest absolute Gasteiger partial charge is 0.228 e. The van der Waals surface area contributed by atoms with Crippen LogP contribution in [0.15, 0.2) is 0 Å². The van der Waals surface area contributed by atoms with Crippen molar-refractivity contribution in [3.63, 3.8) is 0 Å². The molecule has 2 fully saturated rings. The van der Waals surface area contributed by atoms with Crippen molar-refractivity contribution in [3.05, 3.63) is 0 Å². The Morgan fingerprint density at radius 1 is 1.33 bits per heavy atom. The molecule has 1 atom stereocenters. The van der Waals surface area contributed by atoms with Gasteiger partial charge in [-0.2, -0.15) is 0 Å². The molecule has 0 aromatic heterocycles. The number of carbonyl (C=O) groups is 1. The van der Waals surface area contributed by atoms with E-state index in [-0.39, 0.29) is 17.4 Å². The van der Waals surface area contributed by atoms with Crippen LogP contribution in [-0.4, -0.2) is 57.1 Å². The first-order valence-corrected chi connectivity index (χ1v) is 9.57. The predicted octanol–water partition coefficient (Wildman–Crippen LogP) is 0.162. The van der Waals surface area contributed by atoms with Gasteiger partial charge >= 0.3 is 0 Å². The van der Waals surface area contributed by atoms with Crippen LogP contribution in [-0.2, 0) is 14.8 Å². The lowest BCUT2D eigenvalue weighted by Crippen LogP contribution is -2.52. The minimum atomic E-state index is -3.11. The molecule has 6 nitrogen and oxygen atoms in total. The third-order valence-electron chi connectivity index (χ3n) is 5.00. The number of amides is 1. The summed E-state index contributed by atoms with van der Waals surface area (Å²) in [6.45, 7) is 6.81. The molecule has 1 amide bonds. The molecular weight excluding hydrogens is 290 g/mol. The molecule has 2 rings (SSSR count). The number of hydrogen-bond acceptors (Lipinski definition) is 4. The van der Waals surface area contributed by atoms with Crippen molar-refractivity contribution < 1.29 is 13.2 Å². The molecule has 0 aromatic rings. The van der Waals surface area contributed by atoms with Gasteiger partial charge < -0.3 is 10.6 Å². The SMILES string of the molecule is CC(C)C1(C(=O)NC2CCN(S(C)(=O)=O)CC2)CCNC1. The second kappa shape index (κ2) is 6.22. The fraction of sp³-hybridized carbons (Fsp3) is 0.929. The summed E-state index contributed by atoms with van der Waals surface area (Å²) in [6.07, 6.45) is 3.50. The summed E-state index contributed by atoms with van der Waals surface area (Å²) in [4.78, 5) is 12.7. The number of piperidine rings is 1. The molecule has 0 saturated carbocycles. The average molecular weight is 317 g/mol. The molecule has 2 N–H and O–H groups in total. The largest absolute Gasteiger partial charge is 0.353 e. The van der Waals surface area contributed by atoms with Gasteiger partial charge in [-0.3, -0.25) is 4.79 Å². The van der Waals surface area contributed by atoms with Gasteiger partial charge in [0, 0.05) is 25.7 Å². The summed E-state index contributed by atoms with van der Waals surface area (Å²) in [5, 5.41) is 6.45. The second-order valence-corrected chi connectivity index (χ2v) is 8.63. The number of nitrogens with zero attached hydrogens (tertiary/aromatic N) is 1. The van der Waals surface area contributed by atoms with E-state index < -0.39 is 10.0 Å². The summed E-state index contributed by atoms with van der Waals surface area (Å²) in [5.74, 6) is 0.420. The fourth-order valence-corrected chi connectivity index (χ4v) is 4.20. The molecule has 2 aliphatic rings. The highest BCUT2D eigenvalue weighted by Crippen LogP contribution is 2.34. The van der Waals surface area contributed by atoms with Gasteiger partial charge in [0.15, 0.2) is 0 Å². The molecule has 2 saturated heterocycles. The second-order valence-electron chi connectivity index (χ2n) is 6.65. The molecule has 0 radical (unpaired) electrons. The first-order valence-electron chi connectivity index (χ1n) is 7.72. The number of sulfonamides is 1. The van der Waals surface area contributed by atoms with Crippen LogP contribution < -0.4 is 10.6 Å². The molecule has 2 aliphatic heterocycles. The van der Waals surface area contributed by atoms with Crippen molar-refractivity contribution >= 4 is 15.9 Å². The van der Waals surface area contributed by atoms with Gasteiger partial charge in [0.1, 0.15) is 0 Å². The van der Waals surface area contributed by atoms with Gasteiger partial charge in [-0.15, -0.1) is 0 Å². The monoisotopic (exact) mass is 317 g/mol. The molecule has 0 aliphatic carbocycles. The van der Waals surface area contributed by atoms with Gasteiger partial charge in [0.05, 0.1) is 11.7 Å². The van der Waals surface area contributed by atoms with Crippen molar-refractivity contribution in [2.24, 2.45) is 11.3 Å². The Bertz CT molecular complexity index is 476. The van der Waals surface area contributed by atoms with E-state index in [4.69, 9.17) is 0 Å². The maximum Gasteiger partial charge on any atom is 0.228 e. The third-order valence-corrected chi connectivity index (χ3v) is 6.31. The van der Waals surface area contributed by atoms with Gasteiger partial charge in [-0.05, 0) is 31.7 Å². The molecule has 122 valence electrons. The van der Waals surface area contributed by atoms with E-state index in [1.54, 1.807) is 0 Å². The lowest BCUT2D eigenvalue weighted by atomic mass is 9.75. The maximum absolute atomic E-state index is 12.7. The number of hydrogen-bond donors (Lipinski definition) is 2. The lowest BCUT2D eigenvalue weighted by Gasteiger charge is -2.36. The van der Waals surface area contributed by atoms with Gasteiger partial charge in [0.25, 0.3) is 0 Å². The van der Waals surface area contributed by atoms with Crippen LogP contribution in [0.25, 0.3) is 0 Å². The highest BCUT2D eigenvalue weighted by Gasteiger charge is 2.44. The van der Waals surface area contributed by atoms with Crippen LogP contribution in [0, 0.1) is 11.3 Å². The van der Waals surface area contributed by atoms with Gasteiger partial charge in [0.2, 0.25) is 15.9 Å². The summed E-state index contributed by atoms with van der Waals surface area (Å²) in [7, 11) is -3.11. The van der Waals surface area contributed by atoms with Crippen molar-refractivity contribution in [2.45, 2.75) is 39.2 Å². The van der Waals surface area contributed by atoms with Crippen LogP contribution in [0.4, 0.5) is 0 Å². The first-order chi connectivity index (χ1) is 9.75. The number of nitrogens with one attached hydrogen (secondary N) is 2. The summed E-state index contributed by atoms with van der Waals surface area (Å²) in [6, 6.07) is 0.0896. The molecule has 0 spiro atoms. The predicted molar refractivity (Wildman–Crippen MR) is 82.3 cm³/mol. The minimum Gasteiger partial charge on any atom is -0.353 e. The molecule has 0 aromatic carbocycles. The Kier molecular flexibility index (Phi) is 4.95. The summed E-state index contributed by atoms with van der Waals surface area (Å²) < 4.78 is 24.5. The number of carbonyl (C=O) groups excluding carboxylic acids is 1. The molecule has 7 heteroatoms. The van der Waals surface area contributed by atoms with Gasteiger partial charge in [-0.1, -0.05) is 13.8 Å². The van der Waals surface area contributed by atoms with E-state index in [0.717, 1.165) is 19.5 Å². The van der Waals surface area contributed by atoms with Crippen LogP contribution >= 0.6 is 0 Å². The van der Waals surface area contributed by atoms with Crippen LogP contribution in [0.2, 0.25) is 0 Å². The first kappa shape index (κ1) is 16.7. The normalized spacial score (nSPS) is 29.0. The average Bonchev–Trinajstić information content (AvgIpc) is 2.89. The van der Waals surface area contributed by atoms with Crippen LogP contribution in [0.1, 0.15) is 33.1 Å². The van der Waals surface area contributed by atoms with Crippen LogP contribution in [0.3, 0.4) is 0 Å². The number of rotatable bonds is 4. The van der Waals surface area contributed by atoms with E-state index in [9.17, 15) is 13.2 Å². The Hall–Kier alpha value is -0.660. The molecule has 2 heterocycles. The molecule has 0 bridgehead atoms. The zero-order chi connectivity index (χ0) is 15.7. The van der Waals surface area contributed by atoms with E-state index >= 15 is 0 Å². The highest BCUT2D eigenvalue weighted by atomic mass is 32.2. The topological polar surface area (TPSA) is 78.5 Å². The Morgan fingerprint density at radius 2 is 1.95 bits per heavy atom. The van der Waals surface area contributed by atoms with Crippen LogP contribution in [0.5, 0.6) is 0 Å². The highest BCUT2D eigenvalue weighted by molar-refractivity contribution is 7.88. The molecule has 1 unspecified atom stereocenters. The molecule has 21 heavy (non-hydrogen) atoms. The minimum absolute atomic E-state index is 0.0896. The maximum atomic E-state index is 12.7. The zero-order valence-corrected chi connectivity index (χ0v) is 14.0. The van der Waals surface area contributed by atoms with Crippen molar-refractivity contribution in [3.8, 4) is 0 Å². The zero-order valence-electron chi connectivity index (χ0n) is 13.2. The Labute approximate surface area is 127 Å². The third kappa shape index (κ3) is 3.57. The van der Waals surface area contributed by atoms with E-state index in [1.165, 1.54) is 10.6 Å². The lowest BCUT2D eigenvalue weighted by molar-refractivity contribution is -0.133. The quantitative estimate of drug-likeness (QED) is 0.774. The van der Waals surface area contributed by atoms with E-state index in [1.807, 2.05) is 0 Å². The Balaban J connectivity index is 1.92. The van der Waals surface area contributed by atoms with Gasteiger partial charge in [-0.25, -0.2) is 12.7 Å². The molecular formula is C14H27N3O3S. The standard InChI is InChI=1S/C14H27N3O3S/c1-11(2)14(6-7-15-10-14)13(18)16-12-4-8-17(9-5-12)21(3,19)20/h11-12,15H,4-10H2,1-3H3,(H,16,18). The van der Waals surface area contributed by atoms with E-state index in [0.29, 0.717) is 31.8 Å². The van der Waals surface area contributed by atoms with Crippen molar-refractivity contribution in [2.75, 3.05) is 32.4 Å². The van der Waals surface area contributed by atoms with Crippen molar-refractivity contribution in [1.82, 2.24) is 14.9 Å². The summed E-state index contributed by atoms with van der Waals surface area (Å²) in [5.41, 5.74) is -0.312. The van der Waals surface area contributed by atoms with Crippen molar-refractivity contribution in [1.29, 1.82) is 0 Å². The van der Waals surface area contributed by atoms with E-state index in [2.05, 4.69) is 24.5 Å². The summed E-state index contributed by atoms with van der Waals surface area (Å²) >= 11 is 0. The fourth-order valence-electron chi connectivity index (χ4n) is 3.32. The Morgan fingerprint density at radius 3 is 2.38 bits per heavy atom.